The summed E-state index contributed by atoms with van der Waals surface area (Å²) in [5, 5.41) is 12.0. The van der Waals surface area contributed by atoms with Crippen molar-refractivity contribution in [1.29, 1.82) is 0 Å². The van der Waals surface area contributed by atoms with Gasteiger partial charge in [0.25, 0.3) is 5.91 Å². The second-order valence-electron chi connectivity index (χ2n) is 4.49. The number of carbonyl (C=O) groups excluding carboxylic acids is 1. The van der Waals surface area contributed by atoms with Crippen LogP contribution >= 0.6 is 23.1 Å². The maximum absolute atomic E-state index is 12.1. The number of carbonyl (C=O) groups is 2. The van der Waals surface area contributed by atoms with Crippen LogP contribution in [0.4, 0.5) is 0 Å². The number of aryl methyl sites for hydroxylation is 2. The first-order chi connectivity index (χ1) is 8.44. The zero-order chi connectivity index (χ0) is 13.3. The molecule has 2 heterocycles. The Labute approximate surface area is 114 Å². The summed E-state index contributed by atoms with van der Waals surface area (Å²) < 4.78 is 0. The van der Waals surface area contributed by atoms with Gasteiger partial charge in [0.05, 0.1) is 4.88 Å². The lowest BCUT2D eigenvalue weighted by Crippen LogP contribution is -2.54. The third-order valence-corrected chi connectivity index (χ3v) is 5.51. The second kappa shape index (κ2) is 4.93. The molecule has 0 saturated carbocycles. The molecule has 1 aliphatic rings. The van der Waals surface area contributed by atoms with E-state index in [-0.39, 0.29) is 5.91 Å². The summed E-state index contributed by atoms with van der Waals surface area (Å²) in [4.78, 5) is 25.1. The normalized spacial score (nSPS) is 23.0. The van der Waals surface area contributed by atoms with Crippen LogP contribution in [0.2, 0.25) is 0 Å². The van der Waals surface area contributed by atoms with Gasteiger partial charge < -0.3 is 10.4 Å². The highest BCUT2D eigenvalue weighted by atomic mass is 32.2. The van der Waals surface area contributed by atoms with Crippen LogP contribution < -0.4 is 5.32 Å². The highest BCUT2D eigenvalue weighted by molar-refractivity contribution is 7.99. The molecule has 0 unspecified atom stereocenters. The van der Waals surface area contributed by atoms with Gasteiger partial charge in [-0.05, 0) is 37.7 Å². The highest BCUT2D eigenvalue weighted by Crippen LogP contribution is 2.29. The third kappa shape index (κ3) is 2.40. The average molecular weight is 285 g/mol. The Balaban J connectivity index is 2.17. The molecule has 6 heteroatoms. The van der Waals surface area contributed by atoms with Crippen LogP contribution in [0.1, 0.15) is 26.5 Å². The van der Waals surface area contributed by atoms with Gasteiger partial charge in [-0.1, -0.05) is 0 Å². The van der Waals surface area contributed by atoms with Crippen molar-refractivity contribution in [3.63, 3.8) is 0 Å². The Morgan fingerprint density at radius 3 is 2.61 bits per heavy atom. The number of aliphatic carboxylic acids is 1. The van der Waals surface area contributed by atoms with Gasteiger partial charge in [0.15, 0.2) is 0 Å². The molecule has 18 heavy (non-hydrogen) atoms. The highest BCUT2D eigenvalue weighted by Gasteiger charge is 2.43. The van der Waals surface area contributed by atoms with Crippen LogP contribution in [-0.4, -0.2) is 34.0 Å². The molecule has 4 nitrogen and oxygen atoms in total. The summed E-state index contributed by atoms with van der Waals surface area (Å²) in [7, 11) is 0. The van der Waals surface area contributed by atoms with E-state index in [4.69, 9.17) is 0 Å². The third-order valence-electron chi connectivity index (χ3n) is 3.17. The SMILES string of the molecule is Cc1cc(C(=O)N[C@]2(C(=O)O)CCSC2)sc1C. The molecule has 2 N–H and O–H groups in total. The van der Waals surface area contributed by atoms with E-state index in [0.29, 0.717) is 17.1 Å². The Morgan fingerprint density at radius 1 is 1.44 bits per heavy atom. The number of nitrogens with one attached hydrogen (secondary N) is 1. The molecule has 0 radical (unpaired) electrons. The minimum Gasteiger partial charge on any atom is -0.479 e. The molecule has 1 amide bonds. The number of thioether (sulfide) groups is 1. The lowest BCUT2D eigenvalue weighted by atomic mass is 9.99. The number of carboxylic acid groups (broad SMARTS) is 1. The topological polar surface area (TPSA) is 66.4 Å². The van der Waals surface area contributed by atoms with E-state index in [9.17, 15) is 14.7 Å². The molecule has 0 aromatic carbocycles. The maximum atomic E-state index is 12.1. The predicted octanol–water partition coefficient (Wildman–Crippen LogP) is 2.06. The van der Waals surface area contributed by atoms with Crippen molar-refractivity contribution in [2.45, 2.75) is 25.8 Å². The van der Waals surface area contributed by atoms with Crippen LogP contribution in [0.3, 0.4) is 0 Å². The van der Waals surface area contributed by atoms with Gasteiger partial charge in [0.1, 0.15) is 5.54 Å². The van der Waals surface area contributed by atoms with E-state index in [1.165, 1.54) is 11.3 Å². The number of carboxylic acids is 1. The van der Waals surface area contributed by atoms with Crippen LogP contribution in [-0.2, 0) is 4.79 Å². The zero-order valence-corrected chi connectivity index (χ0v) is 11.9. The molecule has 1 atom stereocenters. The lowest BCUT2D eigenvalue weighted by molar-refractivity contribution is -0.143. The van der Waals surface area contributed by atoms with Gasteiger partial charge in [-0.3, -0.25) is 4.79 Å². The van der Waals surface area contributed by atoms with E-state index in [2.05, 4.69) is 5.32 Å². The molecule has 0 bridgehead atoms. The van der Waals surface area contributed by atoms with Gasteiger partial charge in [-0.15, -0.1) is 11.3 Å². The Bertz CT molecular complexity index is 470. The number of hydrogen-bond donors (Lipinski definition) is 2. The standard InChI is InChI=1S/C12H15NO3S2/c1-7-5-9(18-8(7)2)10(14)13-12(11(15)16)3-4-17-6-12/h5H,3-4,6H2,1-2H3,(H,13,14)(H,15,16)/t12-/m1/s1. The van der Waals surface area contributed by atoms with E-state index in [0.717, 1.165) is 16.2 Å². The van der Waals surface area contributed by atoms with E-state index in [1.54, 1.807) is 11.8 Å². The number of thiophene rings is 1. The van der Waals surface area contributed by atoms with E-state index >= 15 is 0 Å². The molecule has 1 fully saturated rings. The van der Waals surface area contributed by atoms with Crippen LogP contribution in [0.25, 0.3) is 0 Å². The van der Waals surface area contributed by atoms with Crippen LogP contribution in [0.15, 0.2) is 6.07 Å². The van der Waals surface area contributed by atoms with Crippen molar-refractivity contribution in [1.82, 2.24) is 5.32 Å². The number of amides is 1. The van der Waals surface area contributed by atoms with Gasteiger partial charge in [0.2, 0.25) is 0 Å². The first-order valence-electron chi connectivity index (χ1n) is 5.65. The molecule has 0 aliphatic carbocycles. The van der Waals surface area contributed by atoms with E-state index < -0.39 is 11.5 Å². The average Bonchev–Trinajstić information content (AvgIpc) is 2.88. The fraction of sp³-hybridized carbons (Fsp3) is 0.500. The minimum absolute atomic E-state index is 0.277. The zero-order valence-electron chi connectivity index (χ0n) is 10.3. The molecule has 1 aliphatic heterocycles. The molecule has 2 rings (SSSR count). The number of rotatable bonds is 3. The minimum atomic E-state index is -1.09. The molecule has 1 aromatic heterocycles. The summed E-state index contributed by atoms with van der Waals surface area (Å²) in [6, 6.07) is 1.81. The number of hydrogen-bond acceptors (Lipinski definition) is 4. The van der Waals surface area contributed by atoms with Crippen molar-refractivity contribution < 1.29 is 14.7 Å². The van der Waals surface area contributed by atoms with Crippen molar-refractivity contribution in [3.05, 3.63) is 21.4 Å². The molecule has 1 aromatic rings. The molecule has 0 spiro atoms. The van der Waals surface area contributed by atoms with Crippen molar-refractivity contribution in [2.24, 2.45) is 0 Å². The van der Waals surface area contributed by atoms with Crippen molar-refractivity contribution in [2.75, 3.05) is 11.5 Å². The Morgan fingerprint density at radius 2 is 2.17 bits per heavy atom. The maximum Gasteiger partial charge on any atom is 0.330 e. The van der Waals surface area contributed by atoms with Crippen molar-refractivity contribution in [3.8, 4) is 0 Å². The molecule has 98 valence electrons. The quantitative estimate of drug-likeness (QED) is 0.892. The summed E-state index contributed by atoms with van der Waals surface area (Å²) in [5.74, 6) is -0.00102. The van der Waals surface area contributed by atoms with Gasteiger partial charge in [0, 0.05) is 10.6 Å². The molecular formula is C12H15NO3S2. The van der Waals surface area contributed by atoms with Crippen LogP contribution in [0.5, 0.6) is 0 Å². The summed E-state index contributed by atoms with van der Waals surface area (Å²) >= 11 is 2.97. The van der Waals surface area contributed by atoms with Gasteiger partial charge in [-0.25, -0.2) is 4.79 Å². The fourth-order valence-corrected chi connectivity index (χ4v) is 4.10. The Hall–Kier alpha value is -1.01. The smallest absolute Gasteiger partial charge is 0.330 e. The van der Waals surface area contributed by atoms with E-state index in [1.807, 2.05) is 19.9 Å². The fourth-order valence-electron chi connectivity index (χ4n) is 1.85. The van der Waals surface area contributed by atoms with Gasteiger partial charge in [-0.2, -0.15) is 11.8 Å². The van der Waals surface area contributed by atoms with Crippen LogP contribution in [0, 0.1) is 13.8 Å². The first-order valence-corrected chi connectivity index (χ1v) is 7.62. The summed E-state index contributed by atoms with van der Waals surface area (Å²) in [6.45, 7) is 3.90. The summed E-state index contributed by atoms with van der Waals surface area (Å²) in [5.41, 5.74) is -0.0246. The predicted molar refractivity (Wildman–Crippen MR) is 73.6 cm³/mol. The summed E-state index contributed by atoms with van der Waals surface area (Å²) in [6.07, 6.45) is 0.488. The largest absolute Gasteiger partial charge is 0.479 e. The van der Waals surface area contributed by atoms with Gasteiger partial charge >= 0.3 is 5.97 Å². The first kappa shape index (κ1) is 13.4. The second-order valence-corrected chi connectivity index (χ2v) is 6.86. The lowest BCUT2D eigenvalue weighted by Gasteiger charge is -2.24. The Kier molecular flexibility index (Phi) is 3.68. The molecular weight excluding hydrogens is 270 g/mol. The monoisotopic (exact) mass is 285 g/mol. The molecule has 1 saturated heterocycles. The van der Waals surface area contributed by atoms with Crippen molar-refractivity contribution >= 4 is 35.0 Å².